The molecule has 5 nitrogen and oxygen atoms in total. The summed E-state index contributed by atoms with van der Waals surface area (Å²) in [7, 11) is 1.69. The maximum absolute atomic E-state index is 12.5. The Morgan fingerprint density at radius 3 is 2.52 bits per heavy atom. The first-order valence-electron chi connectivity index (χ1n) is 10.00. The molecule has 0 aliphatic carbocycles. The topological polar surface area (TPSA) is 62.1 Å². The van der Waals surface area contributed by atoms with Gasteiger partial charge in [-0.3, -0.25) is 4.79 Å². The summed E-state index contributed by atoms with van der Waals surface area (Å²) in [6.07, 6.45) is 5.67. The highest BCUT2D eigenvalue weighted by Crippen LogP contribution is 2.29. The molecule has 2 atom stereocenters. The van der Waals surface area contributed by atoms with E-state index in [0.717, 1.165) is 22.5 Å². The van der Waals surface area contributed by atoms with Crippen LogP contribution in [0.2, 0.25) is 0 Å². The van der Waals surface area contributed by atoms with Gasteiger partial charge in [0.25, 0.3) is 0 Å². The van der Waals surface area contributed by atoms with E-state index < -0.39 is 0 Å². The minimum atomic E-state index is -0.0977. The van der Waals surface area contributed by atoms with Gasteiger partial charge >= 0.3 is 0 Å². The quantitative estimate of drug-likeness (QED) is 0.674. The molecule has 0 unspecified atom stereocenters. The van der Waals surface area contributed by atoms with Crippen LogP contribution in [0, 0.1) is 5.92 Å². The van der Waals surface area contributed by atoms with Gasteiger partial charge in [-0.1, -0.05) is 61.5 Å². The van der Waals surface area contributed by atoms with Crippen molar-refractivity contribution in [2.24, 2.45) is 11.0 Å². The highest BCUT2D eigenvalue weighted by atomic mass is 16.5. The van der Waals surface area contributed by atoms with Crippen LogP contribution in [0.5, 0.6) is 0 Å². The lowest BCUT2D eigenvalue weighted by Gasteiger charge is -2.25. The summed E-state index contributed by atoms with van der Waals surface area (Å²) in [5, 5.41) is 15.1. The number of benzene rings is 2. The monoisotopic (exact) mass is 392 g/mol. The third-order valence-electron chi connectivity index (χ3n) is 5.07. The number of hydrogen-bond acceptors (Lipinski definition) is 4. The van der Waals surface area contributed by atoms with Gasteiger partial charge in [0, 0.05) is 32.5 Å². The second kappa shape index (κ2) is 10.1. The van der Waals surface area contributed by atoms with E-state index in [-0.39, 0.29) is 24.5 Å². The van der Waals surface area contributed by atoms with E-state index in [1.54, 1.807) is 7.11 Å². The Morgan fingerprint density at radius 1 is 1.14 bits per heavy atom. The Kier molecular flexibility index (Phi) is 7.33. The van der Waals surface area contributed by atoms with Crippen molar-refractivity contribution in [3.05, 3.63) is 77.9 Å². The van der Waals surface area contributed by atoms with Crippen molar-refractivity contribution in [1.29, 1.82) is 0 Å². The molecule has 2 aromatic rings. The van der Waals surface area contributed by atoms with Gasteiger partial charge in [-0.2, -0.15) is 5.10 Å². The SMILES string of the molecule is CO[C@@H](c1ccc(N2N=C(c3ccccc3)CCC2=O)cc1)[C@@H](C)/C=C/CCO. The molecule has 0 spiro atoms. The summed E-state index contributed by atoms with van der Waals surface area (Å²) < 4.78 is 5.69. The fraction of sp³-hybridized carbons (Fsp3) is 0.333. The summed E-state index contributed by atoms with van der Waals surface area (Å²) in [5.74, 6) is 0.165. The van der Waals surface area contributed by atoms with Crippen LogP contribution in [0.3, 0.4) is 0 Å². The molecule has 1 amide bonds. The molecule has 1 heterocycles. The van der Waals surface area contributed by atoms with Crippen LogP contribution in [0.1, 0.15) is 43.4 Å². The second-order valence-electron chi connectivity index (χ2n) is 7.17. The molecule has 0 saturated heterocycles. The predicted octanol–water partition coefficient (Wildman–Crippen LogP) is 4.48. The Hall–Kier alpha value is -2.76. The molecular weight excluding hydrogens is 364 g/mol. The summed E-state index contributed by atoms with van der Waals surface area (Å²) in [5.41, 5.74) is 3.76. The Morgan fingerprint density at radius 2 is 1.86 bits per heavy atom. The predicted molar refractivity (Wildman–Crippen MR) is 116 cm³/mol. The molecule has 0 radical (unpaired) electrons. The molecule has 5 heteroatoms. The van der Waals surface area contributed by atoms with Gasteiger partial charge in [0.05, 0.1) is 17.5 Å². The summed E-state index contributed by atoms with van der Waals surface area (Å²) in [6.45, 7) is 2.23. The molecular formula is C24H28N2O3. The number of hydrogen-bond donors (Lipinski definition) is 1. The van der Waals surface area contributed by atoms with Gasteiger partial charge in [-0.05, 0) is 29.7 Å². The molecule has 1 aliphatic heterocycles. The number of anilines is 1. The molecule has 0 saturated carbocycles. The second-order valence-corrected chi connectivity index (χ2v) is 7.17. The number of aliphatic hydroxyl groups excluding tert-OH is 1. The molecule has 1 N–H and O–H groups in total. The number of aliphatic hydroxyl groups is 1. The van der Waals surface area contributed by atoms with Crippen molar-refractivity contribution in [3.63, 3.8) is 0 Å². The standard InChI is InChI=1S/C24H28N2O3/c1-18(8-6-7-17-27)24(29-2)20-11-13-21(14-12-20)26-23(28)16-15-22(25-26)19-9-4-3-5-10-19/h3-6,8-14,18,24,27H,7,15-17H2,1-2H3/b8-6+/t18-,24+/m0/s1. The number of amides is 1. The highest BCUT2D eigenvalue weighted by molar-refractivity contribution is 6.08. The van der Waals surface area contributed by atoms with E-state index in [1.807, 2.05) is 60.7 Å². The van der Waals surface area contributed by atoms with Gasteiger partial charge in [0.1, 0.15) is 0 Å². The average Bonchev–Trinajstić information content (AvgIpc) is 2.76. The summed E-state index contributed by atoms with van der Waals surface area (Å²) in [4.78, 5) is 12.5. The van der Waals surface area contributed by atoms with Crippen LogP contribution in [0.25, 0.3) is 0 Å². The molecule has 1 aliphatic rings. The molecule has 29 heavy (non-hydrogen) atoms. The first-order chi connectivity index (χ1) is 14.1. The fourth-order valence-corrected chi connectivity index (χ4v) is 3.54. The highest BCUT2D eigenvalue weighted by Gasteiger charge is 2.23. The normalized spacial score (nSPS) is 16.7. The van der Waals surface area contributed by atoms with Gasteiger partial charge in [-0.15, -0.1) is 0 Å². The van der Waals surface area contributed by atoms with Gasteiger partial charge < -0.3 is 9.84 Å². The van der Waals surface area contributed by atoms with Crippen molar-refractivity contribution in [3.8, 4) is 0 Å². The fourth-order valence-electron chi connectivity index (χ4n) is 3.54. The summed E-state index contributed by atoms with van der Waals surface area (Å²) in [6, 6.07) is 17.8. The van der Waals surface area contributed by atoms with Crippen LogP contribution < -0.4 is 5.01 Å². The number of carbonyl (C=O) groups is 1. The zero-order valence-corrected chi connectivity index (χ0v) is 17.0. The van der Waals surface area contributed by atoms with Crippen LogP contribution in [-0.2, 0) is 9.53 Å². The van der Waals surface area contributed by atoms with E-state index in [2.05, 4.69) is 18.1 Å². The number of hydrazone groups is 1. The lowest BCUT2D eigenvalue weighted by molar-refractivity contribution is -0.118. The van der Waals surface area contributed by atoms with Crippen molar-refractivity contribution < 1.29 is 14.6 Å². The number of ether oxygens (including phenoxy) is 1. The van der Waals surface area contributed by atoms with E-state index in [1.165, 1.54) is 5.01 Å². The smallest absolute Gasteiger partial charge is 0.247 e. The summed E-state index contributed by atoms with van der Waals surface area (Å²) >= 11 is 0. The first kappa shape index (κ1) is 21.0. The Balaban J connectivity index is 1.80. The van der Waals surface area contributed by atoms with Crippen molar-refractivity contribution in [2.75, 3.05) is 18.7 Å². The number of methoxy groups -OCH3 is 1. The van der Waals surface area contributed by atoms with Crippen LogP contribution in [0.4, 0.5) is 5.69 Å². The lowest BCUT2D eigenvalue weighted by Crippen LogP contribution is -2.31. The minimum Gasteiger partial charge on any atom is -0.396 e. The largest absolute Gasteiger partial charge is 0.396 e. The van der Waals surface area contributed by atoms with Gasteiger partial charge in [0.2, 0.25) is 5.91 Å². The van der Waals surface area contributed by atoms with Gasteiger partial charge in [-0.25, -0.2) is 5.01 Å². The van der Waals surface area contributed by atoms with Crippen LogP contribution in [0.15, 0.2) is 71.9 Å². The third kappa shape index (κ3) is 5.19. The zero-order valence-electron chi connectivity index (χ0n) is 17.0. The van der Waals surface area contributed by atoms with E-state index >= 15 is 0 Å². The maximum Gasteiger partial charge on any atom is 0.247 e. The number of rotatable bonds is 8. The first-order valence-corrected chi connectivity index (χ1v) is 10.00. The number of carbonyl (C=O) groups excluding carboxylic acids is 1. The van der Waals surface area contributed by atoms with Crippen molar-refractivity contribution in [1.82, 2.24) is 0 Å². The maximum atomic E-state index is 12.5. The molecule has 2 aromatic carbocycles. The average molecular weight is 392 g/mol. The molecule has 152 valence electrons. The Bertz CT molecular complexity index is 859. The third-order valence-corrected chi connectivity index (χ3v) is 5.07. The molecule has 3 rings (SSSR count). The van der Waals surface area contributed by atoms with Crippen LogP contribution >= 0.6 is 0 Å². The van der Waals surface area contributed by atoms with Crippen LogP contribution in [-0.4, -0.2) is 30.4 Å². The molecule has 0 fully saturated rings. The van der Waals surface area contributed by atoms with E-state index in [9.17, 15) is 4.79 Å². The molecule has 0 aromatic heterocycles. The lowest BCUT2D eigenvalue weighted by atomic mass is 9.96. The Labute approximate surface area is 172 Å². The van der Waals surface area contributed by atoms with Gasteiger partial charge in [0.15, 0.2) is 0 Å². The van der Waals surface area contributed by atoms with Crippen molar-refractivity contribution in [2.45, 2.75) is 32.3 Å². The minimum absolute atomic E-state index is 0.000951. The molecule has 0 bridgehead atoms. The number of nitrogens with zero attached hydrogens (tertiary/aromatic N) is 2. The zero-order chi connectivity index (χ0) is 20.6. The van der Waals surface area contributed by atoms with E-state index in [4.69, 9.17) is 9.84 Å². The van der Waals surface area contributed by atoms with Crippen molar-refractivity contribution >= 4 is 17.3 Å². The van der Waals surface area contributed by atoms with E-state index in [0.29, 0.717) is 19.3 Å².